The summed E-state index contributed by atoms with van der Waals surface area (Å²) in [6.07, 6.45) is 5.11. The highest BCUT2D eigenvalue weighted by Crippen LogP contribution is 2.35. The van der Waals surface area contributed by atoms with Crippen molar-refractivity contribution in [2.24, 2.45) is 5.92 Å². The third-order valence-corrected chi connectivity index (χ3v) is 4.94. The first-order valence-corrected chi connectivity index (χ1v) is 7.41. The molecule has 0 bridgehead atoms. The Balaban J connectivity index is 2.24. The molecule has 0 unspecified atom stereocenters. The Kier molecular flexibility index (Phi) is 4.22. The molecule has 1 aliphatic carbocycles. The van der Waals surface area contributed by atoms with Crippen molar-refractivity contribution in [3.05, 3.63) is 15.1 Å². The zero-order valence-electron chi connectivity index (χ0n) is 10.8. The molecular formula is C13H20IN3. The van der Waals surface area contributed by atoms with Gasteiger partial charge in [0.2, 0.25) is 0 Å². The van der Waals surface area contributed by atoms with Gasteiger partial charge in [-0.25, -0.2) is 9.97 Å². The van der Waals surface area contributed by atoms with Gasteiger partial charge < -0.3 is 5.32 Å². The molecule has 3 nitrogen and oxygen atoms in total. The number of nitrogens with zero attached hydrogens (tertiary/aromatic N) is 2. The van der Waals surface area contributed by atoms with Crippen molar-refractivity contribution in [2.45, 2.75) is 45.4 Å². The quantitative estimate of drug-likeness (QED) is 0.830. The van der Waals surface area contributed by atoms with Gasteiger partial charge in [0.05, 0.1) is 9.26 Å². The van der Waals surface area contributed by atoms with Gasteiger partial charge in [0.1, 0.15) is 11.6 Å². The molecule has 1 heterocycles. The van der Waals surface area contributed by atoms with Gasteiger partial charge in [-0.1, -0.05) is 19.8 Å². The molecule has 1 N–H and O–H groups in total. The Bertz CT molecular complexity index is 398. The number of aryl methyl sites for hydroxylation is 1. The summed E-state index contributed by atoms with van der Waals surface area (Å²) in [5.41, 5.74) is 1.10. The smallest absolute Gasteiger partial charge is 0.143 e. The molecule has 0 aromatic carbocycles. The number of halogens is 1. The van der Waals surface area contributed by atoms with Crippen molar-refractivity contribution in [1.82, 2.24) is 9.97 Å². The van der Waals surface area contributed by atoms with E-state index in [2.05, 4.69) is 51.7 Å². The van der Waals surface area contributed by atoms with E-state index < -0.39 is 0 Å². The van der Waals surface area contributed by atoms with E-state index in [0.717, 1.165) is 26.8 Å². The number of hydrogen-bond acceptors (Lipinski definition) is 3. The van der Waals surface area contributed by atoms with E-state index >= 15 is 0 Å². The molecule has 0 radical (unpaired) electrons. The van der Waals surface area contributed by atoms with E-state index in [-0.39, 0.29) is 0 Å². The SMILES string of the molecule is CNc1nc(C2CCC(C)CC2)nc(C)c1I. The fourth-order valence-electron chi connectivity index (χ4n) is 2.45. The second kappa shape index (κ2) is 5.50. The van der Waals surface area contributed by atoms with Crippen LogP contribution in [0, 0.1) is 16.4 Å². The molecule has 1 saturated carbocycles. The fraction of sp³-hybridized carbons (Fsp3) is 0.692. The van der Waals surface area contributed by atoms with Crippen LogP contribution in [0.15, 0.2) is 0 Å². The summed E-state index contributed by atoms with van der Waals surface area (Å²) in [6.45, 7) is 4.41. The summed E-state index contributed by atoms with van der Waals surface area (Å²) in [5.74, 6) is 3.46. The van der Waals surface area contributed by atoms with Crippen LogP contribution in [0.4, 0.5) is 5.82 Å². The number of hydrogen-bond donors (Lipinski definition) is 1. The molecule has 0 amide bonds. The van der Waals surface area contributed by atoms with Crippen LogP contribution in [0.5, 0.6) is 0 Å². The van der Waals surface area contributed by atoms with Crippen molar-refractivity contribution in [3.63, 3.8) is 0 Å². The molecule has 0 aliphatic heterocycles. The van der Waals surface area contributed by atoms with Crippen LogP contribution in [0.1, 0.15) is 50.0 Å². The molecule has 1 aromatic heterocycles. The molecule has 2 rings (SSSR count). The maximum absolute atomic E-state index is 4.67. The fourth-order valence-corrected chi connectivity index (χ4v) is 2.96. The first kappa shape index (κ1) is 13.1. The molecule has 1 aliphatic rings. The third-order valence-electron chi connectivity index (χ3n) is 3.65. The lowest BCUT2D eigenvalue weighted by atomic mass is 9.82. The summed E-state index contributed by atoms with van der Waals surface area (Å²) in [4.78, 5) is 9.34. The summed E-state index contributed by atoms with van der Waals surface area (Å²) in [5, 5.41) is 3.17. The van der Waals surface area contributed by atoms with Gasteiger partial charge in [-0.3, -0.25) is 0 Å². The monoisotopic (exact) mass is 345 g/mol. The Hall–Kier alpha value is -0.390. The van der Waals surface area contributed by atoms with Crippen molar-refractivity contribution >= 4 is 28.4 Å². The zero-order chi connectivity index (χ0) is 12.4. The molecule has 17 heavy (non-hydrogen) atoms. The maximum atomic E-state index is 4.67. The van der Waals surface area contributed by atoms with Crippen molar-refractivity contribution in [3.8, 4) is 0 Å². The molecule has 94 valence electrons. The Labute approximate surface area is 117 Å². The minimum atomic E-state index is 0.564. The van der Waals surface area contributed by atoms with Gasteiger partial charge in [-0.2, -0.15) is 0 Å². The predicted molar refractivity (Wildman–Crippen MR) is 79.4 cm³/mol. The highest BCUT2D eigenvalue weighted by Gasteiger charge is 2.23. The standard InChI is InChI=1S/C13H20IN3/c1-8-4-6-10(7-5-8)12-16-9(2)11(14)13(15-3)17-12/h8,10H,4-7H2,1-3H3,(H,15,16,17). The van der Waals surface area contributed by atoms with E-state index in [0.29, 0.717) is 5.92 Å². The highest BCUT2D eigenvalue weighted by molar-refractivity contribution is 14.1. The van der Waals surface area contributed by atoms with Gasteiger partial charge in [0.15, 0.2) is 0 Å². The Morgan fingerprint density at radius 3 is 2.41 bits per heavy atom. The van der Waals surface area contributed by atoms with Crippen molar-refractivity contribution in [2.75, 3.05) is 12.4 Å². The second-order valence-corrected chi connectivity index (χ2v) is 6.12. The largest absolute Gasteiger partial charge is 0.372 e. The minimum absolute atomic E-state index is 0.564. The third kappa shape index (κ3) is 2.89. The van der Waals surface area contributed by atoms with Gasteiger partial charge >= 0.3 is 0 Å². The molecule has 0 spiro atoms. The molecular weight excluding hydrogens is 325 g/mol. The van der Waals surface area contributed by atoms with E-state index in [9.17, 15) is 0 Å². The van der Waals surface area contributed by atoms with Crippen LogP contribution in [-0.2, 0) is 0 Å². The molecule has 0 atom stereocenters. The van der Waals surface area contributed by atoms with Crippen LogP contribution >= 0.6 is 22.6 Å². The average Bonchev–Trinajstić information content (AvgIpc) is 2.33. The van der Waals surface area contributed by atoms with Gasteiger partial charge in [-0.05, 0) is 48.3 Å². The minimum Gasteiger partial charge on any atom is -0.372 e. The number of nitrogens with one attached hydrogen (secondary N) is 1. The first-order valence-electron chi connectivity index (χ1n) is 6.33. The molecule has 1 fully saturated rings. The van der Waals surface area contributed by atoms with Crippen molar-refractivity contribution in [1.29, 1.82) is 0 Å². The first-order chi connectivity index (χ1) is 8.11. The average molecular weight is 345 g/mol. The number of anilines is 1. The van der Waals surface area contributed by atoms with Gasteiger partial charge in [0, 0.05) is 13.0 Å². The lowest BCUT2D eigenvalue weighted by Crippen LogP contribution is -2.15. The van der Waals surface area contributed by atoms with E-state index in [1.165, 1.54) is 25.7 Å². The summed E-state index contributed by atoms with van der Waals surface area (Å²) < 4.78 is 1.14. The van der Waals surface area contributed by atoms with Crippen LogP contribution < -0.4 is 5.32 Å². The predicted octanol–water partition coefficient (Wildman–Crippen LogP) is 3.73. The number of rotatable bonds is 2. The number of aromatic nitrogens is 2. The second-order valence-electron chi connectivity index (χ2n) is 5.04. The highest BCUT2D eigenvalue weighted by atomic mass is 127. The van der Waals surface area contributed by atoms with Crippen LogP contribution in [0.3, 0.4) is 0 Å². The van der Waals surface area contributed by atoms with Crippen LogP contribution in [-0.4, -0.2) is 17.0 Å². The molecule has 4 heteroatoms. The van der Waals surface area contributed by atoms with Crippen molar-refractivity contribution < 1.29 is 0 Å². The zero-order valence-corrected chi connectivity index (χ0v) is 12.9. The lowest BCUT2D eigenvalue weighted by molar-refractivity contribution is 0.339. The summed E-state index contributed by atoms with van der Waals surface area (Å²) in [6, 6.07) is 0. The summed E-state index contributed by atoms with van der Waals surface area (Å²) >= 11 is 2.31. The molecule has 0 saturated heterocycles. The van der Waals surface area contributed by atoms with E-state index in [4.69, 9.17) is 0 Å². The topological polar surface area (TPSA) is 37.8 Å². The van der Waals surface area contributed by atoms with E-state index in [1.54, 1.807) is 0 Å². The van der Waals surface area contributed by atoms with Gasteiger partial charge in [0.25, 0.3) is 0 Å². The van der Waals surface area contributed by atoms with Crippen LogP contribution in [0.2, 0.25) is 0 Å². The van der Waals surface area contributed by atoms with Crippen LogP contribution in [0.25, 0.3) is 0 Å². The Morgan fingerprint density at radius 1 is 1.18 bits per heavy atom. The summed E-state index contributed by atoms with van der Waals surface area (Å²) in [7, 11) is 1.93. The van der Waals surface area contributed by atoms with Gasteiger partial charge in [-0.15, -0.1) is 0 Å². The lowest BCUT2D eigenvalue weighted by Gasteiger charge is -2.25. The Morgan fingerprint density at radius 2 is 1.82 bits per heavy atom. The maximum Gasteiger partial charge on any atom is 0.143 e. The van der Waals surface area contributed by atoms with E-state index in [1.807, 2.05) is 7.05 Å². The normalized spacial score (nSPS) is 24.7. The molecule has 1 aromatic rings.